The van der Waals surface area contributed by atoms with Gasteiger partial charge in [0.1, 0.15) is 0 Å². The highest BCUT2D eigenvalue weighted by Gasteiger charge is 2.52. The molecule has 0 bridgehead atoms. The number of hydrogen-bond donors (Lipinski definition) is 1. The first-order valence-electron chi connectivity index (χ1n) is 8.36. The van der Waals surface area contributed by atoms with Crippen LogP contribution in [0.3, 0.4) is 0 Å². The van der Waals surface area contributed by atoms with Gasteiger partial charge in [-0.15, -0.1) is 0 Å². The largest absolute Gasteiger partial charge is 0.491 e. The minimum atomic E-state index is -0.318. The van der Waals surface area contributed by atoms with Crippen molar-refractivity contribution in [2.75, 3.05) is 13.6 Å². The van der Waals surface area contributed by atoms with Crippen molar-refractivity contribution in [1.82, 2.24) is 5.32 Å². The Labute approximate surface area is 141 Å². The van der Waals surface area contributed by atoms with Gasteiger partial charge in [0.15, 0.2) is 0 Å². The number of aryl methyl sites for hydroxylation is 3. The van der Waals surface area contributed by atoms with Gasteiger partial charge in [0.05, 0.1) is 11.2 Å². The third-order valence-corrected chi connectivity index (χ3v) is 5.00. The van der Waals surface area contributed by atoms with E-state index in [0.29, 0.717) is 0 Å². The Balaban J connectivity index is 2.41. The topological polar surface area (TPSA) is 30.5 Å². The number of nitrogens with one attached hydrogen (secondary N) is 1. The molecule has 0 aromatic heterocycles. The maximum absolute atomic E-state index is 6.22. The summed E-state index contributed by atoms with van der Waals surface area (Å²) >= 11 is 0. The maximum atomic E-state index is 6.22. The number of benzene rings is 1. The summed E-state index contributed by atoms with van der Waals surface area (Å²) in [6.07, 6.45) is 2.22. The molecule has 0 spiro atoms. The van der Waals surface area contributed by atoms with Crippen LogP contribution in [-0.4, -0.2) is 31.9 Å². The van der Waals surface area contributed by atoms with Gasteiger partial charge in [-0.3, -0.25) is 0 Å². The van der Waals surface area contributed by atoms with Crippen molar-refractivity contribution in [3.63, 3.8) is 0 Å². The normalized spacial score (nSPS) is 20.2. The first-order chi connectivity index (χ1) is 10.6. The zero-order valence-corrected chi connectivity index (χ0v) is 15.8. The van der Waals surface area contributed by atoms with Gasteiger partial charge >= 0.3 is 7.12 Å². The van der Waals surface area contributed by atoms with Crippen LogP contribution in [0.2, 0.25) is 0 Å². The Hall–Kier alpha value is -1.10. The van der Waals surface area contributed by atoms with Crippen LogP contribution in [-0.2, 0) is 9.31 Å². The van der Waals surface area contributed by atoms with E-state index in [0.717, 1.165) is 12.0 Å². The fourth-order valence-corrected chi connectivity index (χ4v) is 3.01. The summed E-state index contributed by atoms with van der Waals surface area (Å²) < 4.78 is 12.4. The Kier molecular flexibility index (Phi) is 5.10. The second-order valence-corrected chi connectivity index (χ2v) is 7.65. The van der Waals surface area contributed by atoms with Gasteiger partial charge in [0, 0.05) is 6.54 Å². The van der Waals surface area contributed by atoms with Crippen molar-refractivity contribution in [2.45, 2.75) is 59.7 Å². The number of hydrogen-bond acceptors (Lipinski definition) is 3. The smallest absolute Gasteiger partial charge is 0.400 e. The van der Waals surface area contributed by atoms with E-state index >= 15 is 0 Å². The van der Waals surface area contributed by atoms with Crippen molar-refractivity contribution in [2.24, 2.45) is 0 Å². The van der Waals surface area contributed by atoms with Crippen LogP contribution in [0.15, 0.2) is 17.6 Å². The molecule has 1 N–H and O–H groups in total. The van der Waals surface area contributed by atoms with E-state index in [2.05, 4.69) is 72.0 Å². The zero-order valence-electron chi connectivity index (χ0n) is 15.8. The summed E-state index contributed by atoms with van der Waals surface area (Å²) in [5, 5.41) is 3.24. The molecule has 1 aliphatic rings. The lowest BCUT2D eigenvalue weighted by Crippen LogP contribution is -2.41. The van der Waals surface area contributed by atoms with Gasteiger partial charge in [-0.2, -0.15) is 0 Å². The zero-order chi connectivity index (χ0) is 17.4. The Morgan fingerprint density at radius 2 is 1.52 bits per heavy atom. The Bertz CT molecular complexity index is 581. The molecule has 23 heavy (non-hydrogen) atoms. The van der Waals surface area contributed by atoms with E-state index in [1.165, 1.54) is 22.3 Å². The lowest BCUT2D eigenvalue weighted by Gasteiger charge is -2.32. The van der Waals surface area contributed by atoms with E-state index in [4.69, 9.17) is 9.31 Å². The van der Waals surface area contributed by atoms with Crippen LogP contribution in [0.1, 0.15) is 49.9 Å². The highest BCUT2D eigenvalue weighted by Crippen LogP contribution is 2.39. The van der Waals surface area contributed by atoms with Crippen LogP contribution >= 0.6 is 0 Å². The monoisotopic (exact) mass is 315 g/mol. The fraction of sp³-hybridized carbons (Fsp3) is 0.579. The van der Waals surface area contributed by atoms with Crippen LogP contribution in [0, 0.1) is 20.8 Å². The quantitative estimate of drug-likeness (QED) is 0.856. The second-order valence-electron chi connectivity index (χ2n) is 7.65. The maximum Gasteiger partial charge on any atom is 0.491 e. The summed E-state index contributed by atoms with van der Waals surface area (Å²) in [5.41, 5.74) is 5.61. The first-order valence-corrected chi connectivity index (χ1v) is 8.36. The molecule has 1 aromatic carbocycles. The molecule has 126 valence electrons. The predicted octanol–water partition coefficient (Wildman–Crippen LogP) is 3.85. The molecule has 2 rings (SSSR count). The van der Waals surface area contributed by atoms with Crippen molar-refractivity contribution < 1.29 is 9.31 Å². The van der Waals surface area contributed by atoms with Gasteiger partial charge in [-0.25, -0.2) is 0 Å². The van der Waals surface area contributed by atoms with Gasteiger partial charge in [-0.05, 0) is 77.7 Å². The van der Waals surface area contributed by atoms with Crippen LogP contribution < -0.4 is 5.32 Å². The standard InChI is InChI=1S/C19H30BNO2/c1-13-9-14(2)17(15(3)10-13)11-16(12-21-8)20-22-18(4,5)19(6,7)23-20/h9-11,21H,12H2,1-8H3. The van der Waals surface area contributed by atoms with Crippen molar-refractivity contribution in [3.05, 3.63) is 39.9 Å². The van der Waals surface area contributed by atoms with Gasteiger partial charge < -0.3 is 14.6 Å². The first kappa shape index (κ1) is 18.2. The SMILES string of the molecule is CNCC(=Cc1c(C)cc(C)cc1C)B1OC(C)(C)C(C)(C)O1. The molecule has 0 atom stereocenters. The molecule has 0 radical (unpaired) electrons. The molecule has 0 aliphatic carbocycles. The van der Waals surface area contributed by atoms with E-state index in [9.17, 15) is 0 Å². The van der Waals surface area contributed by atoms with Crippen LogP contribution in [0.5, 0.6) is 0 Å². The van der Waals surface area contributed by atoms with E-state index < -0.39 is 0 Å². The summed E-state index contributed by atoms with van der Waals surface area (Å²) in [5.74, 6) is 0. The van der Waals surface area contributed by atoms with Gasteiger partial charge in [0.25, 0.3) is 0 Å². The Morgan fingerprint density at radius 1 is 1.04 bits per heavy atom. The van der Waals surface area contributed by atoms with Crippen molar-refractivity contribution in [1.29, 1.82) is 0 Å². The predicted molar refractivity (Wildman–Crippen MR) is 98.6 cm³/mol. The highest BCUT2D eigenvalue weighted by atomic mass is 16.7. The van der Waals surface area contributed by atoms with E-state index in [-0.39, 0.29) is 18.3 Å². The fourth-order valence-electron chi connectivity index (χ4n) is 3.01. The Morgan fingerprint density at radius 3 is 1.96 bits per heavy atom. The molecule has 1 aliphatic heterocycles. The molecule has 1 saturated heterocycles. The van der Waals surface area contributed by atoms with Crippen LogP contribution in [0.4, 0.5) is 0 Å². The molecule has 0 saturated carbocycles. The number of likely N-dealkylation sites (N-methyl/N-ethyl adjacent to an activating group) is 1. The summed E-state index contributed by atoms with van der Waals surface area (Å²) in [6.45, 7) is 15.6. The van der Waals surface area contributed by atoms with Crippen molar-refractivity contribution >= 4 is 13.2 Å². The average Bonchev–Trinajstić information content (AvgIpc) is 2.61. The molecule has 3 nitrogen and oxygen atoms in total. The molecule has 1 heterocycles. The number of rotatable bonds is 4. The summed E-state index contributed by atoms with van der Waals surface area (Å²) in [4.78, 5) is 0. The van der Waals surface area contributed by atoms with E-state index in [1.54, 1.807) is 0 Å². The lowest BCUT2D eigenvalue weighted by molar-refractivity contribution is 0.00578. The van der Waals surface area contributed by atoms with Gasteiger partial charge in [-0.1, -0.05) is 23.8 Å². The summed E-state index contributed by atoms with van der Waals surface area (Å²) in [6, 6.07) is 4.44. The molecule has 0 amide bonds. The lowest BCUT2D eigenvalue weighted by atomic mass is 9.76. The average molecular weight is 315 g/mol. The molecule has 1 aromatic rings. The molecule has 0 unspecified atom stereocenters. The molecular weight excluding hydrogens is 285 g/mol. The molecule has 4 heteroatoms. The highest BCUT2D eigenvalue weighted by molar-refractivity contribution is 6.56. The summed E-state index contributed by atoms with van der Waals surface area (Å²) in [7, 11) is 1.64. The minimum absolute atomic E-state index is 0.312. The van der Waals surface area contributed by atoms with Crippen molar-refractivity contribution in [3.8, 4) is 0 Å². The molecular formula is C19H30BNO2. The van der Waals surface area contributed by atoms with E-state index in [1.807, 2.05) is 7.05 Å². The third kappa shape index (κ3) is 3.71. The molecule has 1 fully saturated rings. The van der Waals surface area contributed by atoms with Gasteiger partial charge in [0.2, 0.25) is 0 Å². The second kappa shape index (κ2) is 6.42. The van der Waals surface area contributed by atoms with Crippen LogP contribution in [0.25, 0.3) is 6.08 Å². The minimum Gasteiger partial charge on any atom is -0.400 e. The third-order valence-electron chi connectivity index (χ3n) is 5.00.